The van der Waals surface area contributed by atoms with Crippen LogP contribution in [0.3, 0.4) is 0 Å². The van der Waals surface area contributed by atoms with Gasteiger partial charge in [0, 0.05) is 25.6 Å². The molecule has 0 heterocycles. The topological polar surface area (TPSA) is 38.7 Å². The first kappa shape index (κ1) is 23.7. The number of carbonyl (C=O) groups excluding carboxylic acids is 1. The van der Waals surface area contributed by atoms with E-state index in [9.17, 15) is 13.6 Å². The van der Waals surface area contributed by atoms with Crippen molar-refractivity contribution in [2.75, 3.05) is 14.2 Å². The number of ether oxygens (including phenoxy) is 1. The molecule has 2 aromatic carbocycles. The zero-order valence-electron chi connectivity index (χ0n) is 17.9. The number of halogens is 2. The predicted octanol–water partition coefficient (Wildman–Crippen LogP) is 6.32. The summed E-state index contributed by atoms with van der Waals surface area (Å²) >= 11 is 0. The van der Waals surface area contributed by atoms with Gasteiger partial charge in [-0.05, 0) is 73.6 Å². The number of hydrogen-bond donors (Lipinski definition) is 0. The Morgan fingerprint density at radius 3 is 2.37 bits per heavy atom. The molecule has 0 aliphatic rings. The summed E-state index contributed by atoms with van der Waals surface area (Å²) in [5.74, 6) is -0.101. The molecule has 2 aromatic rings. The van der Waals surface area contributed by atoms with E-state index in [1.807, 2.05) is 6.07 Å². The molecule has 0 unspecified atom stereocenters. The maximum absolute atomic E-state index is 13.6. The van der Waals surface area contributed by atoms with Crippen molar-refractivity contribution in [1.82, 2.24) is 0 Å². The van der Waals surface area contributed by atoms with Gasteiger partial charge in [0.15, 0.2) is 11.6 Å². The lowest BCUT2D eigenvalue weighted by molar-refractivity contribution is -0.119. The van der Waals surface area contributed by atoms with E-state index >= 15 is 0 Å². The zero-order valence-corrected chi connectivity index (χ0v) is 17.9. The summed E-state index contributed by atoms with van der Waals surface area (Å²) in [6.45, 7) is 0. The van der Waals surface area contributed by atoms with E-state index in [1.165, 1.54) is 25.3 Å². The van der Waals surface area contributed by atoms with Gasteiger partial charge in [-0.1, -0.05) is 25.0 Å². The third-order valence-corrected chi connectivity index (χ3v) is 5.18. The number of rotatable bonds is 13. The molecule has 3 nitrogen and oxygen atoms in total. The Morgan fingerprint density at radius 1 is 0.933 bits per heavy atom. The third kappa shape index (κ3) is 8.05. The van der Waals surface area contributed by atoms with Gasteiger partial charge >= 0.3 is 0 Å². The Kier molecular flexibility index (Phi) is 10.2. The number of Topliss-reactive ketones (excluding diaryl/α,β-unsaturated/α-hetero) is 1. The molecular weight excluding hydrogens is 384 g/mol. The van der Waals surface area contributed by atoms with Crippen LogP contribution in [0.4, 0.5) is 8.78 Å². The van der Waals surface area contributed by atoms with Crippen molar-refractivity contribution in [3.05, 3.63) is 65.2 Å². The third-order valence-electron chi connectivity index (χ3n) is 5.18. The molecule has 0 fully saturated rings. The van der Waals surface area contributed by atoms with Crippen molar-refractivity contribution in [3.8, 4) is 5.75 Å². The second kappa shape index (κ2) is 12.9. The SMILES string of the molecule is CN=C(CCCCCCC(=O)CCCc1cccc(F)c1)c1ccc(F)c(OC)c1. The van der Waals surface area contributed by atoms with E-state index in [1.54, 1.807) is 25.2 Å². The Bertz CT molecular complexity index is 849. The normalized spacial score (nSPS) is 11.5. The average Bonchev–Trinajstić information content (AvgIpc) is 2.74. The van der Waals surface area contributed by atoms with Gasteiger partial charge in [0.1, 0.15) is 11.6 Å². The van der Waals surface area contributed by atoms with Gasteiger partial charge in [-0.3, -0.25) is 9.79 Å². The van der Waals surface area contributed by atoms with Crippen LogP contribution < -0.4 is 4.74 Å². The standard InChI is InChI=1S/C25H31F2NO2/c1-28-24(20-15-16-23(27)25(18-20)30-2)14-6-4-3-5-12-22(29)13-8-10-19-9-7-11-21(26)17-19/h7,9,11,15-18H,3-6,8,10,12-14H2,1-2H3. The summed E-state index contributed by atoms with van der Waals surface area (Å²) in [4.78, 5) is 16.4. The number of carbonyl (C=O) groups is 1. The first-order valence-corrected chi connectivity index (χ1v) is 10.6. The fraction of sp³-hybridized carbons (Fsp3) is 0.440. The lowest BCUT2D eigenvalue weighted by atomic mass is 10.0. The molecule has 0 spiro atoms. The van der Waals surface area contributed by atoms with Crippen molar-refractivity contribution < 1.29 is 18.3 Å². The van der Waals surface area contributed by atoms with Crippen LogP contribution in [0, 0.1) is 11.6 Å². The highest BCUT2D eigenvalue weighted by molar-refractivity contribution is 6.00. The van der Waals surface area contributed by atoms with E-state index in [4.69, 9.17) is 4.74 Å². The predicted molar refractivity (Wildman–Crippen MR) is 117 cm³/mol. The summed E-state index contributed by atoms with van der Waals surface area (Å²) in [5.41, 5.74) is 2.75. The Hall–Kier alpha value is -2.56. The molecule has 0 N–H and O–H groups in total. The molecule has 0 amide bonds. The molecule has 0 aromatic heterocycles. The largest absolute Gasteiger partial charge is 0.494 e. The van der Waals surface area contributed by atoms with Crippen LogP contribution in [-0.4, -0.2) is 25.7 Å². The number of benzene rings is 2. The van der Waals surface area contributed by atoms with Crippen LogP contribution >= 0.6 is 0 Å². The summed E-state index contributed by atoms with van der Waals surface area (Å²) < 4.78 is 31.8. The molecule has 0 bridgehead atoms. The Labute approximate surface area is 178 Å². The minimum atomic E-state index is -0.377. The van der Waals surface area contributed by atoms with E-state index in [0.29, 0.717) is 12.8 Å². The molecule has 0 saturated heterocycles. The van der Waals surface area contributed by atoms with Crippen LogP contribution in [0.1, 0.15) is 62.5 Å². The first-order chi connectivity index (χ1) is 14.5. The second-order valence-corrected chi connectivity index (χ2v) is 7.46. The number of methoxy groups -OCH3 is 1. The maximum atomic E-state index is 13.6. The second-order valence-electron chi connectivity index (χ2n) is 7.46. The molecule has 0 aliphatic heterocycles. The zero-order chi connectivity index (χ0) is 21.8. The van der Waals surface area contributed by atoms with Crippen LogP contribution in [-0.2, 0) is 11.2 Å². The molecule has 0 aliphatic carbocycles. The number of ketones is 1. The van der Waals surface area contributed by atoms with Gasteiger partial charge in [-0.15, -0.1) is 0 Å². The van der Waals surface area contributed by atoms with Crippen LogP contribution in [0.2, 0.25) is 0 Å². The summed E-state index contributed by atoms with van der Waals surface area (Å²) in [7, 11) is 3.20. The monoisotopic (exact) mass is 415 g/mol. The molecule has 0 atom stereocenters. The van der Waals surface area contributed by atoms with Crippen molar-refractivity contribution in [1.29, 1.82) is 0 Å². The van der Waals surface area contributed by atoms with Crippen molar-refractivity contribution >= 4 is 11.5 Å². The van der Waals surface area contributed by atoms with Crippen LogP contribution in [0.5, 0.6) is 5.75 Å². The summed E-state index contributed by atoms with van der Waals surface area (Å²) in [6, 6.07) is 11.4. The number of aliphatic imine (C=N–C) groups is 1. The number of aryl methyl sites for hydroxylation is 1. The van der Waals surface area contributed by atoms with E-state index < -0.39 is 0 Å². The number of unbranched alkanes of at least 4 members (excludes halogenated alkanes) is 3. The highest BCUT2D eigenvalue weighted by Crippen LogP contribution is 2.20. The van der Waals surface area contributed by atoms with Crippen LogP contribution in [0.15, 0.2) is 47.5 Å². The molecule has 0 saturated carbocycles. The van der Waals surface area contributed by atoms with Gasteiger partial charge < -0.3 is 4.74 Å². The van der Waals surface area contributed by atoms with E-state index in [-0.39, 0.29) is 23.2 Å². The van der Waals surface area contributed by atoms with Crippen LogP contribution in [0.25, 0.3) is 0 Å². The average molecular weight is 416 g/mol. The molecule has 30 heavy (non-hydrogen) atoms. The summed E-state index contributed by atoms with van der Waals surface area (Å²) in [5, 5.41) is 0. The van der Waals surface area contributed by atoms with E-state index in [2.05, 4.69) is 4.99 Å². The lowest BCUT2D eigenvalue weighted by Gasteiger charge is -2.09. The minimum Gasteiger partial charge on any atom is -0.494 e. The Balaban J connectivity index is 1.60. The van der Waals surface area contributed by atoms with Gasteiger partial charge in [-0.2, -0.15) is 0 Å². The first-order valence-electron chi connectivity index (χ1n) is 10.6. The van der Waals surface area contributed by atoms with Gasteiger partial charge in [0.2, 0.25) is 0 Å². The molecule has 0 radical (unpaired) electrons. The Morgan fingerprint density at radius 2 is 1.67 bits per heavy atom. The fourth-order valence-electron chi connectivity index (χ4n) is 3.50. The van der Waals surface area contributed by atoms with Crippen molar-refractivity contribution in [2.45, 2.75) is 57.8 Å². The van der Waals surface area contributed by atoms with Crippen molar-refractivity contribution in [2.24, 2.45) is 4.99 Å². The van der Waals surface area contributed by atoms with Crippen molar-refractivity contribution in [3.63, 3.8) is 0 Å². The molecule has 5 heteroatoms. The molecule has 2 rings (SSSR count). The minimum absolute atomic E-state index is 0.226. The maximum Gasteiger partial charge on any atom is 0.165 e. The summed E-state index contributed by atoms with van der Waals surface area (Å²) in [6.07, 6.45) is 7.35. The molecule has 162 valence electrons. The van der Waals surface area contributed by atoms with Gasteiger partial charge in [-0.25, -0.2) is 8.78 Å². The lowest BCUT2D eigenvalue weighted by Crippen LogP contribution is -2.03. The highest BCUT2D eigenvalue weighted by atomic mass is 19.1. The van der Waals surface area contributed by atoms with Gasteiger partial charge in [0.25, 0.3) is 0 Å². The molecular formula is C25H31F2NO2. The van der Waals surface area contributed by atoms with Gasteiger partial charge in [0.05, 0.1) is 7.11 Å². The number of nitrogens with zero attached hydrogens (tertiary/aromatic N) is 1. The smallest absolute Gasteiger partial charge is 0.165 e. The fourth-order valence-corrected chi connectivity index (χ4v) is 3.50. The number of hydrogen-bond acceptors (Lipinski definition) is 3. The van der Waals surface area contributed by atoms with E-state index in [0.717, 1.165) is 61.8 Å². The quantitative estimate of drug-likeness (QED) is 0.283. The highest BCUT2D eigenvalue weighted by Gasteiger charge is 2.09.